The number of ether oxygens (including phenoxy) is 1. The summed E-state index contributed by atoms with van der Waals surface area (Å²) in [6.07, 6.45) is 2.45. The summed E-state index contributed by atoms with van der Waals surface area (Å²) in [5, 5.41) is 2.91. The second kappa shape index (κ2) is 3.29. The molecule has 0 aromatic rings. The van der Waals surface area contributed by atoms with Gasteiger partial charge in [0.15, 0.2) is 0 Å². The molecule has 0 saturated heterocycles. The number of methoxy groups -OCH3 is 1. The van der Waals surface area contributed by atoms with E-state index < -0.39 is 5.60 Å². The summed E-state index contributed by atoms with van der Waals surface area (Å²) in [7, 11) is 1.55. The van der Waals surface area contributed by atoms with Gasteiger partial charge in [-0.05, 0) is 32.1 Å². The standard InChI is InChI=1S/C10H19NO2/c1-9(2,13-4)8(12)11-7-10(3)5-6-10/h5-7H2,1-4H3,(H,11,12). The van der Waals surface area contributed by atoms with Crippen molar-refractivity contribution in [2.75, 3.05) is 13.7 Å². The molecule has 0 aromatic carbocycles. The van der Waals surface area contributed by atoms with E-state index >= 15 is 0 Å². The van der Waals surface area contributed by atoms with E-state index in [1.54, 1.807) is 21.0 Å². The maximum Gasteiger partial charge on any atom is 0.251 e. The van der Waals surface area contributed by atoms with E-state index in [2.05, 4.69) is 12.2 Å². The summed E-state index contributed by atoms with van der Waals surface area (Å²) >= 11 is 0. The molecule has 0 heterocycles. The molecule has 0 spiro atoms. The smallest absolute Gasteiger partial charge is 0.251 e. The van der Waals surface area contributed by atoms with Crippen LogP contribution in [0.4, 0.5) is 0 Å². The van der Waals surface area contributed by atoms with Gasteiger partial charge < -0.3 is 10.1 Å². The summed E-state index contributed by atoms with van der Waals surface area (Å²) in [5.41, 5.74) is -0.343. The monoisotopic (exact) mass is 185 g/mol. The molecule has 1 aliphatic carbocycles. The van der Waals surface area contributed by atoms with Crippen LogP contribution >= 0.6 is 0 Å². The van der Waals surface area contributed by atoms with Crippen LogP contribution < -0.4 is 5.32 Å². The highest BCUT2D eigenvalue weighted by Crippen LogP contribution is 2.44. The highest BCUT2D eigenvalue weighted by atomic mass is 16.5. The molecule has 1 fully saturated rings. The fourth-order valence-corrected chi connectivity index (χ4v) is 0.989. The van der Waals surface area contributed by atoms with Gasteiger partial charge in [0.2, 0.25) is 0 Å². The van der Waals surface area contributed by atoms with Gasteiger partial charge in [0.25, 0.3) is 5.91 Å². The van der Waals surface area contributed by atoms with Crippen molar-refractivity contribution < 1.29 is 9.53 Å². The number of hydrogen-bond donors (Lipinski definition) is 1. The minimum Gasteiger partial charge on any atom is -0.369 e. The molecular weight excluding hydrogens is 166 g/mol. The summed E-state index contributed by atoms with van der Waals surface area (Å²) in [6, 6.07) is 0. The van der Waals surface area contributed by atoms with Crippen LogP contribution in [0.25, 0.3) is 0 Å². The van der Waals surface area contributed by atoms with Crippen LogP contribution in [0.1, 0.15) is 33.6 Å². The maximum absolute atomic E-state index is 11.5. The Hall–Kier alpha value is -0.570. The first-order valence-electron chi connectivity index (χ1n) is 4.73. The van der Waals surface area contributed by atoms with Crippen molar-refractivity contribution in [2.45, 2.75) is 39.2 Å². The van der Waals surface area contributed by atoms with Crippen LogP contribution in [-0.2, 0) is 9.53 Å². The van der Waals surface area contributed by atoms with Gasteiger partial charge in [-0.25, -0.2) is 0 Å². The van der Waals surface area contributed by atoms with Gasteiger partial charge in [0, 0.05) is 13.7 Å². The van der Waals surface area contributed by atoms with E-state index in [1.165, 1.54) is 12.8 Å². The highest BCUT2D eigenvalue weighted by Gasteiger charge is 2.38. The number of carbonyl (C=O) groups is 1. The Balaban J connectivity index is 2.32. The Morgan fingerprint density at radius 2 is 2.08 bits per heavy atom. The van der Waals surface area contributed by atoms with E-state index in [9.17, 15) is 4.79 Å². The topological polar surface area (TPSA) is 38.3 Å². The fourth-order valence-electron chi connectivity index (χ4n) is 0.989. The first-order chi connectivity index (χ1) is 5.90. The van der Waals surface area contributed by atoms with E-state index in [0.717, 1.165) is 6.54 Å². The van der Waals surface area contributed by atoms with Crippen molar-refractivity contribution in [1.82, 2.24) is 5.32 Å². The lowest BCUT2D eigenvalue weighted by Gasteiger charge is -2.22. The van der Waals surface area contributed by atoms with Crippen LogP contribution in [0.2, 0.25) is 0 Å². The molecule has 76 valence electrons. The lowest BCUT2D eigenvalue weighted by molar-refractivity contribution is -0.139. The largest absolute Gasteiger partial charge is 0.369 e. The third kappa shape index (κ3) is 2.69. The second-order valence-corrected chi connectivity index (χ2v) is 4.71. The Morgan fingerprint density at radius 3 is 2.46 bits per heavy atom. The molecule has 1 aliphatic rings. The van der Waals surface area contributed by atoms with Crippen LogP contribution in [-0.4, -0.2) is 25.2 Å². The van der Waals surface area contributed by atoms with Crippen molar-refractivity contribution in [3.8, 4) is 0 Å². The van der Waals surface area contributed by atoms with Gasteiger partial charge in [0.05, 0.1) is 0 Å². The van der Waals surface area contributed by atoms with Crippen LogP contribution in [0.15, 0.2) is 0 Å². The van der Waals surface area contributed by atoms with Crippen molar-refractivity contribution in [1.29, 1.82) is 0 Å². The molecule has 13 heavy (non-hydrogen) atoms. The fraction of sp³-hybridized carbons (Fsp3) is 0.900. The molecule has 1 amide bonds. The van der Waals surface area contributed by atoms with Gasteiger partial charge >= 0.3 is 0 Å². The molecule has 0 aromatic heterocycles. The highest BCUT2D eigenvalue weighted by molar-refractivity contribution is 5.84. The zero-order valence-corrected chi connectivity index (χ0v) is 8.94. The predicted molar refractivity (Wildman–Crippen MR) is 51.4 cm³/mol. The maximum atomic E-state index is 11.5. The quantitative estimate of drug-likeness (QED) is 0.717. The lowest BCUT2D eigenvalue weighted by Crippen LogP contribution is -2.45. The normalized spacial score (nSPS) is 19.7. The number of hydrogen-bond acceptors (Lipinski definition) is 2. The molecular formula is C10H19NO2. The first kappa shape index (κ1) is 10.5. The van der Waals surface area contributed by atoms with Crippen molar-refractivity contribution in [2.24, 2.45) is 5.41 Å². The molecule has 1 saturated carbocycles. The third-order valence-electron chi connectivity index (χ3n) is 2.84. The molecule has 1 N–H and O–H groups in total. The molecule has 0 aliphatic heterocycles. The van der Waals surface area contributed by atoms with Crippen LogP contribution in [0.3, 0.4) is 0 Å². The Bertz CT molecular complexity index is 207. The SMILES string of the molecule is COC(C)(C)C(=O)NCC1(C)CC1. The molecule has 0 bridgehead atoms. The van der Waals surface area contributed by atoms with Crippen LogP contribution in [0, 0.1) is 5.41 Å². The van der Waals surface area contributed by atoms with E-state index in [0.29, 0.717) is 5.41 Å². The molecule has 0 radical (unpaired) electrons. The van der Waals surface area contributed by atoms with Crippen molar-refractivity contribution >= 4 is 5.91 Å². The molecule has 3 heteroatoms. The minimum atomic E-state index is -0.703. The Kier molecular flexibility index (Phi) is 2.66. The average molecular weight is 185 g/mol. The van der Waals surface area contributed by atoms with Gasteiger partial charge in [-0.2, -0.15) is 0 Å². The zero-order valence-electron chi connectivity index (χ0n) is 8.94. The Labute approximate surface area is 79.8 Å². The second-order valence-electron chi connectivity index (χ2n) is 4.71. The number of rotatable bonds is 4. The van der Waals surface area contributed by atoms with Crippen molar-refractivity contribution in [3.05, 3.63) is 0 Å². The lowest BCUT2D eigenvalue weighted by atomic mass is 10.1. The van der Waals surface area contributed by atoms with Gasteiger partial charge in [-0.1, -0.05) is 6.92 Å². The van der Waals surface area contributed by atoms with E-state index in [1.807, 2.05) is 0 Å². The van der Waals surface area contributed by atoms with Gasteiger partial charge in [-0.3, -0.25) is 4.79 Å². The zero-order chi connectivity index (χ0) is 10.1. The molecule has 3 nitrogen and oxygen atoms in total. The number of nitrogens with one attached hydrogen (secondary N) is 1. The van der Waals surface area contributed by atoms with E-state index in [-0.39, 0.29) is 5.91 Å². The summed E-state index contributed by atoms with van der Waals surface area (Å²) in [5.74, 6) is -0.0249. The van der Waals surface area contributed by atoms with Crippen LogP contribution in [0.5, 0.6) is 0 Å². The molecule has 0 atom stereocenters. The summed E-state index contributed by atoms with van der Waals surface area (Å²) in [6.45, 7) is 6.51. The minimum absolute atomic E-state index is 0.0249. The predicted octanol–water partition coefficient (Wildman–Crippen LogP) is 1.33. The van der Waals surface area contributed by atoms with Gasteiger partial charge in [0.1, 0.15) is 5.60 Å². The third-order valence-corrected chi connectivity index (χ3v) is 2.84. The van der Waals surface area contributed by atoms with E-state index in [4.69, 9.17) is 4.74 Å². The van der Waals surface area contributed by atoms with Gasteiger partial charge in [-0.15, -0.1) is 0 Å². The van der Waals surface area contributed by atoms with Crippen molar-refractivity contribution in [3.63, 3.8) is 0 Å². The Morgan fingerprint density at radius 1 is 1.54 bits per heavy atom. The average Bonchev–Trinajstić information content (AvgIpc) is 2.80. The molecule has 1 rings (SSSR count). The summed E-state index contributed by atoms with van der Waals surface area (Å²) < 4.78 is 5.07. The summed E-state index contributed by atoms with van der Waals surface area (Å²) in [4.78, 5) is 11.5. The first-order valence-corrected chi connectivity index (χ1v) is 4.73. The number of carbonyl (C=O) groups excluding carboxylic acids is 1. The number of amides is 1. The molecule has 0 unspecified atom stereocenters.